The summed E-state index contributed by atoms with van der Waals surface area (Å²) < 4.78 is 10.4. The molecule has 4 N–H and O–H groups in total. The van der Waals surface area contributed by atoms with Crippen LogP contribution in [0.25, 0.3) is 0 Å². The number of hydrogen-bond donors (Lipinski definition) is 3. The largest absolute Gasteiger partial charge is 0.508 e. The zero-order chi connectivity index (χ0) is 15.9. The third-order valence-electron chi connectivity index (χ3n) is 3.01. The van der Waals surface area contributed by atoms with Crippen LogP contribution in [-0.4, -0.2) is 25.3 Å². The average molecular weight is 429 g/mol. The normalized spacial score (nSPS) is 10.6. The first-order chi connectivity index (χ1) is 10.6. The average Bonchev–Trinajstić information content (AvgIpc) is 2.53. The van der Waals surface area contributed by atoms with E-state index >= 15 is 0 Å². The van der Waals surface area contributed by atoms with Crippen molar-refractivity contribution in [3.05, 3.63) is 48.0 Å². The molecule has 0 heterocycles. The monoisotopic (exact) mass is 429 g/mol. The van der Waals surface area contributed by atoms with Gasteiger partial charge < -0.3 is 25.6 Å². The number of halogens is 1. The number of ether oxygens (including phenoxy) is 2. The van der Waals surface area contributed by atoms with Gasteiger partial charge in [0.2, 0.25) is 0 Å². The molecule has 0 bridgehead atoms. The number of nitrogens with two attached hydrogens (primary N) is 1. The Hall–Kier alpha value is -2.16. The van der Waals surface area contributed by atoms with Gasteiger partial charge in [-0.15, -0.1) is 24.0 Å². The summed E-state index contributed by atoms with van der Waals surface area (Å²) in [7, 11) is 3.16. The molecule has 0 radical (unpaired) electrons. The van der Waals surface area contributed by atoms with Crippen LogP contribution in [0.4, 0.5) is 5.69 Å². The molecule has 0 aromatic heterocycles. The number of aromatic hydroxyl groups is 1. The van der Waals surface area contributed by atoms with Gasteiger partial charge in [-0.2, -0.15) is 0 Å². The van der Waals surface area contributed by atoms with E-state index in [0.717, 1.165) is 5.56 Å². The molecule has 7 heteroatoms. The molecule has 0 spiro atoms. The summed E-state index contributed by atoms with van der Waals surface area (Å²) in [4.78, 5) is 4.24. The van der Waals surface area contributed by atoms with Crippen LogP contribution in [0.5, 0.6) is 17.2 Å². The van der Waals surface area contributed by atoms with Gasteiger partial charge in [0.15, 0.2) is 5.96 Å². The highest BCUT2D eigenvalue weighted by atomic mass is 127. The fraction of sp³-hybridized carbons (Fsp3) is 0.188. The molecule has 124 valence electrons. The third kappa shape index (κ3) is 5.51. The molecule has 0 atom stereocenters. The maximum Gasteiger partial charge on any atom is 0.193 e. The highest BCUT2D eigenvalue weighted by Gasteiger charge is 2.06. The number of anilines is 1. The molecule has 23 heavy (non-hydrogen) atoms. The predicted octanol–water partition coefficient (Wildman–Crippen LogP) is 2.95. The maximum atomic E-state index is 9.41. The Labute approximate surface area is 152 Å². The molecule has 0 saturated heterocycles. The molecule has 0 fully saturated rings. The van der Waals surface area contributed by atoms with Crippen LogP contribution in [0.15, 0.2) is 47.5 Å². The lowest BCUT2D eigenvalue weighted by Gasteiger charge is -2.12. The quantitative estimate of drug-likeness (QED) is 0.387. The molecule has 2 aromatic rings. The van der Waals surface area contributed by atoms with E-state index in [-0.39, 0.29) is 35.7 Å². The Balaban J connectivity index is 0.00000264. The second kappa shape index (κ2) is 9.09. The van der Waals surface area contributed by atoms with Crippen molar-refractivity contribution in [2.24, 2.45) is 10.7 Å². The summed E-state index contributed by atoms with van der Waals surface area (Å²) >= 11 is 0. The van der Waals surface area contributed by atoms with E-state index in [0.29, 0.717) is 23.7 Å². The van der Waals surface area contributed by atoms with Gasteiger partial charge >= 0.3 is 0 Å². The van der Waals surface area contributed by atoms with Crippen molar-refractivity contribution in [2.75, 3.05) is 19.5 Å². The number of rotatable bonds is 5. The van der Waals surface area contributed by atoms with E-state index in [9.17, 15) is 5.11 Å². The van der Waals surface area contributed by atoms with Crippen LogP contribution in [0.3, 0.4) is 0 Å². The minimum atomic E-state index is 0. The van der Waals surface area contributed by atoms with E-state index < -0.39 is 0 Å². The molecular formula is C16H20IN3O3. The lowest BCUT2D eigenvalue weighted by atomic mass is 10.2. The fourth-order valence-electron chi connectivity index (χ4n) is 1.92. The number of nitrogens with zero attached hydrogens (tertiary/aromatic N) is 1. The van der Waals surface area contributed by atoms with Crippen LogP contribution >= 0.6 is 24.0 Å². The number of hydrogen-bond acceptors (Lipinski definition) is 4. The molecule has 0 aliphatic rings. The van der Waals surface area contributed by atoms with Crippen LogP contribution in [0, 0.1) is 0 Å². The number of benzene rings is 2. The first kappa shape index (κ1) is 18.9. The van der Waals surface area contributed by atoms with Crippen molar-refractivity contribution < 1.29 is 14.6 Å². The van der Waals surface area contributed by atoms with Gasteiger partial charge in [0.05, 0.1) is 26.5 Å². The Bertz CT molecular complexity index is 677. The fourth-order valence-corrected chi connectivity index (χ4v) is 1.92. The molecule has 0 amide bonds. The molecule has 6 nitrogen and oxygen atoms in total. The van der Waals surface area contributed by atoms with Crippen molar-refractivity contribution in [3.8, 4) is 17.2 Å². The Morgan fingerprint density at radius 3 is 2.61 bits per heavy atom. The number of aliphatic imine (C=N–C) groups is 1. The lowest BCUT2D eigenvalue weighted by Crippen LogP contribution is -2.23. The highest BCUT2D eigenvalue weighted by Crippen LogP contribution is 2.28. The number of guanidine groups is 1. The summed E-state index contributed by atoms with van der Waals surface area (Å²) in [5.74, 6) is 1.77. The van der Waals surface area contributed by atoms with Gasteiger partial charge in [-0.25, -0.2) is 4.99 Å². The predicted molar refractivity (Wildman–Crippen MR) is 102 cm³/mol. The van der Waals surface area contributed by atoms with Crippen LogP contribution in [-0.2, 0) is 6.54 Å². The summed E-state index contributed by atoms with van der Waals surface area (Å²) in [5.41, 5.74) is 7.42. The first-order valence-corrected chi connectivity index (χ1v) is 6.69. The molecule has 0 aliphatic heterocycles. The van der Waals surface area contributed by atoms with Crippen LogP contribution in [0.2, 0.25) is 0 Å². The second-order valence-corrected chi connectivity index (χ2v) is 4.56. The standard InChI is InChI=1S/C16H19N3O3.HI/c1-21-13-6-7-15(22-2)14(9-13)19-16(17)18-10-11-4-3-5-12(20)8-11;/h3-9,20H,10H2,1-2H3,(H3,17,18,19);1H. The molecular weight excluding hydrogens is 409 g/mol. The van der Waals surface area contributed by atoms with E-state index in [2.05, 4.69) is 10.3 Å². The highest BCUT2D eigenvalue weighted by molar-refractivity contribution is 14.0. The van der Waals surface area contributed by atoms with E-state index in [4.69, 9.17) is 15.2 Å². The first-order valence-electron chi connectivity index (χ1n) is 6.69. The van der Waals surface area contributed by atoms with Crippen molar-refractivity contribution in [3.63, 3.8) is 0 Å². The van der Waals surface area contributed by atoms with Gasteiger partial charge in [-0.05, 0) is 29.8 Å². The Kier molecular flexibility index (Phi) is 7.46. The number of methoxy groups -OCH3 is 2. The molecule has 0 unspecified atom stereocenters. The summed E-state index contributed by atoms with van der Waals surface area (Å²) in [6, 6.07) is 12.2. The summed E-state index contributed by atoms with van der Waals surface area (Å²) in [5, 5.41) is 12.4. The lowest BCUT2D eigenvalue weighted by molar-refractivity contribution is 0.405. The third-order valence-corrected chi connectivity index (χ3v) is 3.01. The molecule has 2 rings (SSSR count). The minimum absolute atomic E-state index is 0. The molecule has 0 saturated carbocycles. The van der Waals surface area contributed by atoms with E-state index in [1.165, 1.54) is 0 Å². The van der Waals surface area contributed by atoms with Crippen molar-refractivity contribution >= 4 is 35.6 Å². The van der Waals surface area contributed by atoms with Crippen molar-refractivity contribution in [1.82, 2.24) is 0 Å². The van der Waals surface area contributed by atoms with Crippen molar-refractivity contribution in [1.29, 1.82) is 0 Å². The van der Waals surface area contributed by atoms with Gasteiger partial charge in [-0.3, -0.25) is 0 Å². The summed E-state index contributed by atoms with van der Waals surface area (Å²) in [6.45, 7) is 0.361. The Morgan fingerprint density at radius 2 is 1.96 bits per heavy atom. The number of phenols is 1. The van der Waals surface area contributed by atoms with Crippen molar-refractivity contribution in [2.45, 2.75) is 6.54 Å². The SMILES string of the molecule is COc1ccc(OC)c(NC(N)=NCc2cccc(O)c2)c1.I. The van der Waals surface area contributed by atoms with Gasteiger partial charge in [0.25, 0.3) is 0 Å². The Morgan fingerprint density at radius 1 is 1.17 bits per heavy atom. The number of nitrogens with one attached hydrogen (secondary N) is 1. The van der Waals surface area contributed by atoms with Gasteiger partial charge in [-0.1, -0.05) is 12.1 Å². The maximum absolute atomic E-state index is 9.41. The molecule has 2 aromatic carbocycles. The smallest absolute Gasteiger partial charge is 0.193 e. The topological polar surface area (TPSA) is 89.1 Å². The summed E-state index contributed by atoms with van der Waals surface area (Å²) in [6.07, 6.45) is 0. The van der Waals surface area contributed by atoms with Gasteiger partial charge in [0.1, 0.15) is 17.2 Å². The zero-order valence-electron chi connectivity index (χ0n) is 12.9. The van der Waals surface area contributed by atoms with Crippen LogP contribution < -0.4 is 20.5 Å². The van der Waals surface area contributed by atoms with Crippen LogP contribution in [0.1, 0.15) is 5.56 Å². The van der Waals surface area contributed by atoms with E-state index in [1.807, 2.05) is 6.07 Å². The van der Waals surface area contributed by atoms with Gasteiger partial charge in [0, 0.05) is 6.07 Å². The zero-order valence-corrected chi connectivity index (χ0v) is 15.3. The minimum Gasteiger partial charge on any atom is -0.508 e. The second-order valence-electron chi connectivity index (χ2n) is 4.56. The number of phenolic OH excluding ortho intramolecular Hbond substituents is 1. The molecule has 0 aliphatic carbocycles. The van der Waals surface area contributed by atoms with E-state index in [1.54, 1.807) is 50.6 Å².